The van der Waals surface area contributed by atoms with Gasteiger partial charge < -0.3 is 15.5 Å². The molecule has 1 unspecified atom stereocenters. The Morgan fingerprint density at radius 1 is 1.07 bits per heavy atom. The molecule has 1 saturated heterocycles. The summed E-state index contributed by atoms with van der Waals surface area (Å²) < 4.78 is 0. The third-order valence-corrected chi connectivity index (χ3v) is 4.79. The molecule has 0 bridgehead atoms. The maximum absolute atomic E-state index is 12.1. The van der Waals surface area contributed by atoms with E-state index in [4.69, 9.17) is 4.99 Å². The van der Waals surface area contributed by atoms with Crippen molar-refractivity contribution in [3.63, 3.8) is 0 Å². The number of carbonyl (C=O) groups is 1. The fourth-order valence-electron chi connectivity index (χ4n) is 3.40. The zero-order valence-corrected chi connectivity index (χ0v) is 18.6. The number of nitrogens with one attached hydrogen (secondary N) is 2. The molecule has 1 amide bonds. The van der Waals surface area contributed by atoms with E-state index in [1.807, 2.05) is 30.3 Å². The Kier molecular flexibility index (Phi) is 9.27. The first-order chi connectivity index (χ1) is 13.3. The highest BCUT2D eigenvalue weighted by atomic mass is 127. The van der Waals surface area contributed by atoms with E-state index < -0.39 is 0 Å². The Labute approximate surface area is 184 Å². The van der Waals surface area contributed by atoms with Crippen LogP contribution in [0.2, 0.25) is 0 Å². The fourth-order valence-corrected chi connectivity index (χ4v) is 3.40. The highest BCUT2D eigenvalue weighted by Gasteiger charge is 2.25. The number of amides is 1. The molecule has 2 N–H and O–H groups in total. The standard InChI is InChI=1S/C22H28N4O.HI/c1-2-23-22(25-15-14-24-21(27)19-11-7-4-8-12-19)26-16-13-20(17-26)18-9-5-3-6-10-18;/h3-12,20H,2,13-17H2,1H3,(H,23,25)(H,24,27);1H. The minimum absolute atomic E-state index is 0. The van der Waals surface area contributed by atoms with Gasteiger partial charge in [-0.1, -0.05) is 48.5 Å². The van der Waals surface area contributed by atoms with Gasteiger partial charge in [0.05, 0.1) is 6.54 Å². The van der Waals surface area contributed by atoms with Gasteiger partial charge in [-0.3, -0.25) is 9.79 Å². The van der Waals surface area contributed by atoms with Gasteiger partial charge in [0.2, 0.25) is 0 Å². The number of carbonyl (C=O) groups excluding carboxylic acids is 1. The molecule has 28 heavy (non-hydrogen) atoms. The maximum atomic E-state index is 12.1. The Balaban J connectivity index is 0.00000280. The van der Waals surface area contributed by atoms with Gasteiger partial charge in [-0.15, -0.1) is 24.0 Å². The number of halogens is 1. The van der Waals surface area contributed by atoms with E-state index in [0.29, 0.717) is 24.6 Å². The third-order valence-electron chi connectivity index (χ3n) is 4.79. The van der Waals surface area contributed by atoms with Gasteiger partial charge in [-0.2, -0.15) is 0 Å². The van der Waals surface area contributed by atoms with Gasteiger partial charge in [0.1, 0.15) is 0 Å². The molecule has 0 aromatic heterocycles. The summed E-state index contributed by atoms with van der Waals surface area (Å²) in [5.41, 5.74) is 2.07. The van der Waals surface area contributed by atoms with Crippen molar-refractivity contribution in [1.29, 1.82) is 0 Å². The van der Waals surface area contributed by atoms with Crippen LogP contribution >= 0.6 is 24.0 Å². The van der Waals surface area contributed by atoms with Crippen LogP contribution in [0.3, 0.4) is 0 Å². The summed E-state index contributed by atoms with van der Waals surface area (Å²) in [5.74, 6) is 1.43. The summed E-state index contributed by atoms with van der Waals surface area (Å²) in [7, 11) is 0. The molecule has 1 fully saturated rings. The van der Waals surface area contributed by atoms with E-state index in [9.17, 15) is 4.79 Å². The minimum Gasteiger partial charge on any atom is -0.357 e. The number of hydrogen-bond donors (Lipinski definition) is 2. The van der Waals surface area contributed by atoms with Crippen molar-refractivity contribution in [2.75, 3.05) is 32.7 Å². The summed E-state index contributed by atoms with van der Waals surface area (Å²) in [6.07, 6.45) is 1.14. The predicted molar refractivity (Wildman–Crippen MR) is 126 cm³/mol. The second kappa shape index (κ2) is 11.7. The van der Waals surface area contributed by atoms with E-state index in [0.717, 1.165) is 32.0 Å². The first kappa shape index (κ1) is 22.2. The highest BCUT2D eigenvalue weighted by molar-refractivity contribution is 14.0. The van der Waals surface area contributed by atoms with E-state index in [1.54, 1.807) is 0 Å². The van der Waals surface area contributed by atoms with Crippen LogP contribution < -0.4 is 10.6 Å². The lowest BCUT2D eigenvalue weighted by Crippen LogP contribution is -2.40. The lowest BCUT2D eigenvalue weighted by atomic mass is 9.99. The van der Waals surface area contributed by atoms with Gasteiger partial charge >= 0.3 is 0 Å². The molecule has 1 atom stereocenters. The Morgan fingerprint density at radius 3 is 2.43 bits per heavy atom. The Hall–Kier alpha value is -2.09. The van der Waals surface area contributed by atoms with Crippen LogP contribution in [0, 0.1) is 0 Å². The third kappa shape index (κ3) is 6.22. The summed E-state index contributed by atoms with van der Waals surface area (Å²) in [5, 5.41) is 6.31. The molecular formula is C22H29IN4O. The van der Waals surface area contributed by atoms with Crippen LogP contribution in [0.25, 0.3) is 0 Å². The first-order valence-electron chi connectivity index (χ1n) is 9.69. The molecule has 2 aromatic carbocycles. The smallest absolute Gasteiger partial charge is 0.251 e. The van der Waals surface area contributed by atoms with Crippen LogP contribution in [0.5, 0.6) is 0 Å². The second-order valence-electron chi connectivity index (χ2n) is 6.70. The fraction of sp³-hybridized carbons (Fsp3) is 0.364. The van der Waals surface area contributed by atoms with Crippen LogP contribution in [0.4, 0.5) is 0 Å². The molecule has 0 radical (unpaired) electrons. The van der Waals surface area contributed by atoms with E-state index in [-0.39, 0.29) is 29.9 Å². The molecule has 1 aliphatic rings. The molecule has 3 rings (SSSR count). The topological polar surface area (TPSA) is 56.7 Å². The molecule has 5 nitrogen and oxygen atoms in total. The van der Waals surface area contributed by atoms with Crippen LogP contribution in [0.1, 0.15) is 35.2 Å². The molecule has 0 aliphatic carbocycles. The van der Waals surface area contributed by atoms with Crippen LogP contribution in [-0.4, -0.2) is 49.5 Å². The molecule has 0 saturated carbocycles. The largest absolute Gasteiger partial charge is 0.357 e. The van der Waals surface area contributed by atoms with Crippen molar-refractivity contribution in [1.82, 2.24) is 15.5 Å². The average molecular weight is 492 g/mol. The van der Waals surface area contributed by atoms with Crippen molar-refractivity contribution < 1.29 is 4.79 Å². The van der Waals surface area contributed by atoms with Crippen LogP contribution in [0.15, 0.2) is 65.7 Å². The number of hydrogen-bond acceptors (Lipinski definition) is 2. The number of rotatable bonds is 6. The zero-order chi connectivity index (χ0) is 18.9. The number of guanidine groups is 1. The van der Waals surface area contributed by atoms with Crippen molar-refractivity contribution in [2.24, 2.45) is 4.99 Å². The first-order valence-corrected chi connectivity index (χ1v) is 9.69. The average Bonchev–Trinajstić information content (AvgIpc) is 3.21. The second-order valence-corrected chi connectivity index (χ2v) is 6.70. The Morgan fingerprint density at radius 2 is 1.75 bits per heavy atom. The SMILES string of the molecule is CCNC(=NCCNC(=O)c1ccccc1)N1CCC(c2ccccc2)C1.I. The number of nitrogens with zero attached hydrogens (tertiary/aromatic N) is 2. The molecular weight excluding hydrogens is 463 g/mol. The zero-order valence-electron chi connectivity index (χ0n) is 16.3. The van der Waals surface area contributed by atoms with Gasteiger partial charge in [-0.25, -0.2) is 0 Å². The normalized spacial score (nSPS) is 16.4. The van der Waals surface area contributed by atoms with Gasteiger partial charge in [-0.05, 0) is 31.0 Å². The number of aliphatic imine (C=N–C) groups is 1. The van der Waals surface area contributed by atoms with Gasteiger partial charge in [0, 0.05) is 37.7 Å². The van der Waals surface area contributed by atoms with E-state index in [1.165, 1.54) is 5.56 Å². The minimum atomic E-state index is -0.0545. The van der Waals surface area contributed by atoms with Crippen LogP contribution in [-0.2, 0) is 0 Å². The number of benzene rings is 2. The predicted octanol–water partition coefficient (Wildman–Crippen LogP) is 3.49. The summed E-state index contributed by atoms with van der Waals surface area (Å²) in [4.78, 5) is 19.1. The van der Waals surface area contributed by atoms with Crippen molar-refractivity contribution in [2.45, 2.75) is 19.3 Å². The Bertz CT molecular complexity index is 752. The van der Waals surface area contributed by atoms with Gasteiger partial charge in [0.25, 0.3) is 5.91 Å². The highest BCUT2D eigenvalue weighted by Crippen LogP contribution is 2.26. The molecule has 1 heterocycles. The molecule has 150 valence electrons. The monoisotopic (exact) mass is 492 g/mol. The lowest BCUT2D eigenvalue weighted by molar-refractivity contribution is 0.0955. The molecule has 0 spiro atoms. The molecule has 6 heteroatoms. The van der Waals surface area contributed by atoms with Crippen molar-refractivity contribution in [3.05, 3.63) is 71.8 Å². The van der Waals surface area contributed by atoms with Crippen molar-refractivity contribution in [3.8, 4) is 0 Å². The van der Waals surface area contributed by atoms with Crippen molar-refractivity contribution >= 4 is 35.8 Å². The quantitative estimate of drug-likeness (QED) is 0.281. The van der Waals surface area contributed by atoms with E-state index >= 15 is 0 Å². The summed E-state index contributed by atoms with van der Waals surface area (Å²) in [6, 6.07) is 20.0. The summed E-state index contributed by atoms with van der Waals surface area (Å²) >= 11 is 0. The maximum Gasteiger partial charge on any atom is 0.251 e. The van der Waals surface area contributed by atoms with Gasteiger partial charge in [0.15, 0.2) is 5.96 Å². The summed E-state index contributed by atoms with van der Waals surface area (Å²) in [6.45, 7) is 5.99. The van der Waals surface area contributed by atoms with E-state index in [2.05, 4.69) is 52.8 Å². The lowest BCUT2D eigenvalue weighted by Gasteiger charge is -2.21. The number of likely N-dealkylation sites (tertiary alicyclic amines) is 1. The molecule has 1 aliphatic heterocycles. The molecule has 2 aromatic rings.